The van der Waals surface area contributed by atoms with Crippen LogP contribution in [0.1, 0.15) is 19.8 Å². The van der Waals surface area contributed by atoms with Crippen LogP contribution in [0.2, 0.25) is 0 Å². The van der Waals surface area contributed by atoms with Crippen molar-refractivity contribution in [1.29, 1.82) is 0 Å². The molecule has 0 aromatic rings. The maximum atomic E-state index is 12.4. The van der Waals surface area contributed by atoms with E-state index in [9.17, 15) is 4.39 Å². The zero-order valence-electron chi connectivity index (χ0n) is 8.68. The summed E-state index contributed by atoms with van der Waals surface area (Å²) in [6, 6.07) is 0. The monoisotopic (exact) mass is 199 g/mol. The standard InChI is InChI=1S/C11H18FNO/c1-9(12)7-10(2)14-8-11-3-5-13-6-4-11/h7,11,13H,1,3-6,8H2,2H3/b10-7+. The topological polar surface area (TPSA) is 21.3 Å². The van der Waals surface area contributed by atoms with Gasteiger partial charge in [-0.3, -0.25) is 0 Å². The van der Waals surface area contributed by atoms with Crippen LogP contribution in [-0.2, 0) is 4.74 Å². The van der Waals surface area contributed by atoms with Gasteiger partial charge in [0, 0.05) is 6.08 Å². The summed E-state index contributed by atoms with van der Waals surface area (Å²) >= 11 is 0. The molecule has 0 atom stereocenters. The number of hydrogen-bond acceptors (Lipinski definition) is 2. The Hall–Kier alpha value is -0.830. The number of piperidine rings is 1. The van der Waals surface area contributed by atoms with E-state index in [2.05, 4.69) is 11.9 Å². The second kappa shape index (κ2) is 5.81. The molecule has 2 nitrogen and oxygen atoms in total. The minimum atomic E-state index is -0.451. The van der Waals surface area contributed by atoms with Crippen molar-refractivity contribution in [2.75, 3.05) is 19.7 Å². The molecule has 1 aliphatic rings. The Morgan fingerprint density at radius 2 is 2.21 bits per heavy atom. The van der Waals surface area contributed by atoms with E-state index in [0.717, 1.165) is 25.9 Å². The fourth-order valence-corrected chi connectivity index (χ4v) is 1.56. The smallest absolute Gasteiger partial charge is 0.119 e. The van der Waals surface area contributed by atoms with Gasteiger partial charge in [0.25, 0.3) is 0 Å². The Morgan fingerprint density at radius 1 is 1.57 bits per heavy atom. The first-order valence-electron chi connectivity index (χ1n) is 5.04. The first-order valence-corrected chi connectivity index (χ1v) is 5.04. The third-order valence-electron chi connectivity index (χ3n) is 2.37. The highest BCUT2D eigenvalue weighted by Gasteiger charge is 2.13. The summed E-state index contributed by atoms with van der Waals surface area (Å²) < 4.78 is 17.8. The van der Waals surface area contributed by atoms with Crippen molar-refractivity contribution in [2.24, 2.45) is 5.92 Å². The molecular formula is C11H18FNO. The molecule has 0 unspecified atom stereocenters. The molecule has 1 heterocycles. The molecule has 1 rings (SSSR count). The van der Waals surface area contributed by atoms with Crippen LogP contribution >= 0.6 is 0 Å². The van der Waals surface area contributed by atoms with Crippen LogP contribution in [0.15, 0.2) is 24.2 Å². The minimum Gasteiger partial charge on any atom is -0.498 e. The fraction of sp³-hybridized carbons (Fsp3) is 0.636. The van der Waals surface area contributed by atoms with Crippen LogP contribution in [0.3, 0.4) is 0 Å². The van der Waals surface area contributed by atoms with Crippen LogP contribution in [0, 0.1) is 5.92 Å². The summed E-state index contributed by atoms with van der Waals surface area (Å²) in [6.07, 6.45) is 3.61. The van der Waals surface area contributed by atoms with Crippen LogP contribution in [0.5, 0.6) is 0 Å². The van der Waals surface area contributed by atoms with Gasteiger partial charge in [0.1, 0.15) is 5.83 Å². The van der Waals surface area contributed by atoms with Crippen molar-refractivity contribution in [1.82, 2.24) is 5.32 Å². The average Bonchev–Trinajstić information content (AvgIpc) is 2.15. The summed E-state index contributed by atoms with van der Waals surface area (Å²) in [7, 11) is 0. The third kappa shape index (κ3) is 4.42. The molecule has 0 aromatic carbocycles. The quantitative estimate of drug-likeness (QED) is 0.554. The normalized spacial score (nSPS) is 19.4. The molecule has 0 bridgehead atoms. The molecule has 0 aliphatic carbocycles. The van der Waals surface area contributed by atoms with E-state index in [1.807, 2.05) is 0 Å². The van der Waals surface area contributed by atoms with Crippen LogP contribution in [0.4, 0.5) is 4.39 Å². The molecule has 1 fully saturated rings. The van der Waals surface area contributed by atoms with E-state index in [1.165, 1.54) is 6.08 Å². The lowest BCUT2D eigenvalue weighted by molar-refractivity contribution is 0.147. The Bertz CT molecular complexity index is 219. The second-order valence-electron chi connectivity index (χ2n) is 3.71. The number of nitrogens with one attached hydrogen (secondary N) is 1. The summed E-state index contributed by atoms with van der Waals surface area (Å²) in [6.45, 7) is 7.73. The summed E-state index contributed by atoms with van der Waals surface area (Å²) in [5, 5.41) is 3.29. The first kappa shape index (κ1) is 11.2. The maximum Gasteiger partial charge on any atom is 0.119 e. The van der Waals surface area contributed by atoms with Gasteiger partial charge in [0.05, 0.1) is 12.4 Å². The largest absolute Gasteiger partial charge is 0.498 e. The van der Waals surface area contributed by atoms with Crippen molar-refractivity contribution in [3.05, 3.63) is 24.2 Å². The molecule has 3 heteroatoms. The highest BCUT2D eigenvalue weighted by atomic mass is 19.1. The van der Waals surface area contributed by atoms with Gasteiger partial charge in [-0.15, -0.1) is 0 Å². The minimum absolute atomic E-state index is 0.451. The average molecular weight is 199 g/mol. The molecule has 0 aromatic heterocycles. The number of allylic oxidation sites excluding steroid dienone is 3. The highest BCUT2D eigenvalue weighted by Crippen LogP contribution is 2.14. The predicted octanol–water partition coefficient (Wildman–Crippen LogP) is 2.39. The third-order valence-corrected chi connectivity index (χ3v) is 2.37. The maximum absolute atomic E-state index is 12.4. The van der Waals surface area contributed by atoms with E-state index in [0.29, 0.717) is 18.3 Å². The van der Waals surface area contributed by atoms with E-state index in [4.69, 9.17) is 4.74 Å². The van der Waals surface area contributed by atoms with E-state index in [1.54, 1.807) is 6.92 Å². The zero-order valence-corrected chi connectivity index (χ0v) is 8.68. The van der Waals surface area contributed by atoms with Crippen molar-refractivity contribution in [2.45, 2.75) is 19.8 Å². The molecule has 80 valence electrons. The lowest BCUT2D eigenvalue weighted by Gasteiger charge is -2.22. The number of rotatable bonds is 4. The molecule has 0 saturated carbocycles. The van der Waals surface area contributed by atoms with E-state index < -0.39 is 5.83 Å². The second-order valence-corrected chi connectivity index (χ2v) is 3.71. The van der Waals surface area contributed by atoms with Crippen LogP contribution in [0.25, 0.3) is 0 Å². The lowest BCUT2D eigenvalue weighted by Crippen LogP contribution is -2.29. The lowest BCUT2D eigenvalue weighted by atomic mass is 9.99. The molecule has 0 radical (unpaired) electrons. The molecule has 14 heavy (non-hydrogen) atoms. The van der Waals surface area contributed by atoms with Gasteiger partial charge >= 0.3 is 0 Å². The van der Waals surface area contributed by atoms with Crippen molar-refractivity contribution < 1.29 is 9.13 Å². The molecular weight excluding hydrogens is 181 g/mol. The van der Waals surface area contributed by atoms with Gasteiger partial charge < -0.3 is 10.1 Å². The van der Waals surface area contributed by atoms with Crippen molar-refractivity contribution in [3.8, 4) is 0 Å². The summed E-state index contributed by atoms with van der Waals surface area (Å²) in [5.74, 6) is 0.760. The summed E-state index contributed by atoms with van der Waals surface area (Å²) in [4.78, 5) is 0. The van der Waals surface area contributed by atoms with E-state index in [-0.39, 0.29) is 0 Å². The summed E-state index contributed by atoms with van der Waals surface area (Å²) in [5.41, 5.74) is 0. The molecule has 0 spiro atoms. The van der Waals surface area contributed by atoms with Gasteiger partial charge in [-0.1, -0.05) is 6.58 Å². The SMILES string of the molecule is C=C(F)/C=C(\C)OCC1CCNCC1. The van der Waals surface area contributed by atoms with Gasteiger partial charge in [0.15, 0.2) is 0 Å². The fourth-order valence-electron chi connectivity index (χ4n) is 1.56. The van der Waals surface area contributed by atoms with Gasteiger partial charge in [-0.05, 0) is 38.8 Å². The van der Waals surface area contributed by atoms with Gasteiger partial charge in [-0.25, -0.2) is 4.39 Å². The number of hydrogen-bond donors (Lipinski definition) is 1. The first-order chi connectivity index (χ1) is 6.68. The van der Waals surface area contributed by atoms with Crippen LogP contribution in [-0.4, -0.2) is 19.7 Å². The highest BCUT2D eigenvalue weighted by molar-refractivity contribution is 5.08. The van der Waals surface area contributed by atoms with Crippen molar-refractivity contribution in [3.63, 3.8) is 0 Å². The van der Waals surface area contributed by atoms with Gasteiger partial charge in [0.2, 0.25) is 0 Å². The van der Waals surface area contributed by atoms with Gasteiger partial charge in [-0.2, -0.15) is 0 Å². The molecule has 0 amide bonds. The van der Waals surface area contributed by atoms with Crippen molar-refractivity contribution >= 4 is 0 Å². The Kier molecular flexibility index (Phi) is 4.66. The van der Waals surface area contributed by atoms with E-state index >= 15 is 0 Å². The Morgan fingerprint density at radius 3 is 2.79 bits per heavy atom. The zero-order chi connectivity index (χ0) is 10.4. The Balaban J connectivity index is 2.21. The Labute approximate surface area is 84.8 Å². The molecule has 1 saturated heterocycles. The molecule has 1 N–H and O–H groups in total. The number of ether oxygens (including phenoxy) is 1. The van der Waals surface area contributed by atoms with Crippen LogP contribution < -0.4 is 5.32 Å². The predicted molar refractivity (Wildman–Crippen MR) is 55.6 cm³/mol. The molecule has 1 aliphatic heterocycles. The number of halogens is 1.